The fourth-order valence-corrected chi connectivity index (χ4v) is 4.01. The summed E-state index contributed by atoms with van der Waals surface area (Å²) in [4.78, 5) is 20.6. The van der Waals surface area contributed by atoms with E-state index in [9.17, 15) is 13.6 Å². The van der Waals surface area contributed by atoms with Gasteiger partial charge in [0, 0.05) is 39.0 Å². The van der Waals surface area contributed by atoms with Crippen LogP contribution in [-0.4, -0.2) is 15.9 Å². The Bertz CT molecular complexity index is 1540. The van der Waals surface area contributed by atoms with Crippen LogP contribution in [0.5, 0.6) is 0 Å². The van der Waals surface area contributed by atoms with E-state index in [1.54, 1.807) is 0 Å². The molecule has 3 aromatic carbocycles. The van der Waals surface area contributed by atoms with Crippen molar-refractivity contribution in [2.24, 2.45) is 0 Å². The summed E-state index contributed by atoms with van der Waals surface area (Å²) in [6.45, 7) is 0.177. The van der Waals surface area contributed by atoms with Crippen molar-refractivity contribution < 1.29 is 13.6 Å². The van der Waals surface area contributed by atoms with Crippen LogP contribution >= 0.6 is 11.6 Å². The lowest BCUT2D eigenvalue weighted by molar-refractivity contribution is -0.116. The average molecular weight is 474 g/mol. The number of carbonyl (C=O) groups excluding carboxylic acids is 1. The summed E-state index contributed by atoms with van der Waals surface area (Å²) in [5, 5.41) is 5.46. The minimum Gasteiger partial charge on any atom is -0.353 e. The summed E-state index contributed by atoms with van der Waals surface area (Å²) in [5.41, 5.74) is 4.45. The molecule has 2 N–H and O–H groups in total. The lowest BCUT2D eigenvalue weighted by atomic mass is 10.1. The molecule has 0 spiro atoms. The Morgan fingerprint density at radius 3 is 2.47 bits per heavy atom. The summed E-state index contributed by atoms with van der Waals surface area (Å²) < 4.78 is 26.7. The second kappa shape index (κ2) is 9.08. The van der Waals surface area contributed by atoms with Crippen molar-refractivity contribution in [3.05, 3.63) is 107 Å². The first-order valence-corrected chi connectivity index (χ1v) is 10.9. The molecule has 0 fully saturated rings. The minimum absolute atomic E-state index is 0.177. The zero-order valence-corrected chi connectivity index (χ0v) is 18.5. The molecule has 5 rings (SSSR count). The highest BCUT2D eigenvalue weighted by atomic mass is 35.5. The molecule has 0 radical (unpaired) electrons. The predicted molar refractivity (Wildman–Crippen MR) is 131 cm³/mol. The zero-order valence-electron chi connectivity index (χ0n) is 17.8. The molecule has 0 saturated carbocycles. The van der Waals surface area contributed by atoms with Gasteiger partial charge in [-0.3, -0.25) is 4.79 Å². The molecule has 5 aromatic rings. The number of carbonyl (C=O) groups is 1. The highest BCUT2D eigenvalue weighted by molar-refractivity contribution is 6.30. The standard InChI is InChI=1S/C27H18ClF2N3O/c28-18-8-6-17(7-9-18)26-27-23(22-3-1-2-4-24(22)33-27)14-21(32-26)15-31-25(34)10-5-16-11-19(29)13-20(30)12-16/h1-14,33H,15H2,(H,31,34)/b10-5+. The number of nitrogens with one attached hydrogen (secondary N) is 2. The van der Waals surface area contributed by atoms with Crippen LogP contribution in [0.4, 0.5) is 8.78 Å². The van der Waals surface area contributed by atoms with Gasteiger partial charge in [0.2, 0.25) is 5.91 Å². The first-order chi connectivity index (χ1) is 16.5. The highest BCUT2D eigenvalue weighted by Gasteiger charge is 2.14. The number of fused-ring (bicyclic) bond motifs is 3. The molecule has 0 bridgehead atoms. The van der Waals surface area contributed by atoms with E-state index in [0.717, 1.165) is 51.3 Å². The molecule has 0 aliphatic heterocycles. The number of pyridine rings is 1. The molecular formula is C27H18ClF2N3O. The van der Waals surface area contributed by atoms with Gasteiger partial charge in [-0.1, -0.05) is 41.9 Å². The Labute approximate surface area is 198 Å². The monoisotopic (exact) mass is 473 g/mol. The van der Waals surface area contributed by atoms with Crippen LogP contribution in [0.25, 0.3) is 39.1 Å². The van der Waals surface area contributed by atoms with Gasteiger partial charge in [0.1, 0.15) is 11.6 Å². The molecule has 168 valence electrons. The van der Waals surface area contributed by atoms with Gasteiger partial charge in [-0.2, -0.15) is 0 Å². The van der Waals surface area contributed by atoms with Crippen molar-refractivity contribution in [1.29, 1.82) is 0 Å². The van der Waals surface area contributed by atoms with Crippen LogP contribution in [0.1, 0.15) is 11.3 Å². The fraction of sp³-hybridized carbons (Fsp3) is 0.0370. The van der Waals surface area contributed by atoms with Crippen LogP contribution in [0.3, 0.4) is 0 Å². The molecule has 0 saturated heterocycles. The maximum absolute atomic E-state index is 13.3. The highest BCUT2D eigenvalue weighted by Crippen LogP contribution is 2.33. The Morgan fingerprint density at radius 2 is 1.71 bits per heavy atom. The number of hydrogen-bond donors (Lipinski definition) is 2. The summed E-state index contributed by atoms with van der Waals surface area (Å²) in [5.74, 6) is -1.81. The zero-order chi connectivity index (χ0) is 23.7. The smallest absolute Gasteiger partial charge is 0.244 e. The van der Waals surface area contributed by atoms with Crippen LogP contribution < -0.4 is 5.32 Å². The number of hydrogen-bond acceptors (Lipinski definition) is 2. The SMILES string of the molecule is O=C(/C=C/c1cc(F)cc(F)c1)NCc1cc2c([nH]c3ccccc32)c(-c2ccc(Cl)cc2)n1. The van der Waals surface area contributed by atoms with Gasteiger partial charge >= 0.3 is 0 Å². The molecule has 2 aromatic heterocycles. The van der Waals surface area contributed by atoms with Gasteiger partial charge in [-0.25, -0.2) is 13.8 Å². The molecule has 0 unspecified atom stereocenters. The molecule has 2 heterocycles. The van der Waals surface area contributed by atoms with Crippen molar-refractivity contribution >= 4 is 45.4 Å². The number of aromatic amines is 1. The summed E-state index contributed by atoms with van der Waals surface area (Å²) >= 11 is 6.06. The van der Waals surface area contributed by atoms with E-state index >= 15 is 0 Å². The summed E-state index contributed by atoms with van der Waals surface area (Å²) in [7, 11) is 0. The Hall–Kier alpha value is -4.03. The number of H-pyrrole nitrogens is 1. The Balaban J connectivity index is 1.46. The number of nitrogens with zero attached hydrogens (tertiary/aromatic N) is 1. The quantitative estimate of drug-likeness (QED) is 0.281. The third-order valence-electron chi connectivity index (χ3n) is 5.42. The molecule has 4 nitrogen and oxygen atoms in total. The van der Waals surface area contributed by atoms with Crippen molar-refractivity contribution in [1.82, 2.24) is 15.3 Å². The number of aromatic nitrogens is 2. The van der Waals surface area contributed by atoms with E-state index in [0.29, 0.717) is 10.7 Å². The second-order valence-corrected chi connectivity index (χ2v) is 8.25. The number of rotatable bonds is 5. The van der Waals surface area contributed by atoms with Crippen LogP contribution in [0.2, 0.25) is 5.02 Å². The van der Waals surface area contributed by atoms with E-state index in [1.807, 2.05) is 54.6 Å². The lowest BCUT2D eigenvalue weighted by Gasteiger charge is -2.08. The predicted octanol–water partition coefficient (Wildman–Crippen LogP) is 6.64. The van der Waals surface area contributed by atoms with Crippen LogP contribution in [0, 0.1) is 11.6 Å². The van der Waals surface area contributed by atoms with Gasteiger partial charge in [0.25, 0.3) is 0 Å². The van der Waals surface area contributed by atoms with Crippen LogP contribution in [-0.2, 0) is 11.3 Å². The second-order valence-electron chi connectivity index (χ2n) is 7.82. The van der Waals surface area contributed by atoms with E-state index in [-0.39, 0.29) is 12.1 Å². The lowest BCUT2D eigenvalue weighted by Crippen LogP contribution is -2.21. The molecule has 0 aliphatic carbocycles. The third-order valence-corrected chi connectivity index (χ3v) is 5.67. The maximum atomic E-state index is 13.3. The first kappa shape index (κ1) is 21.8. The average Bonchev–Trinajstić information content (AvgIpc) is 3.19. The molecular weight excluding hydrogens is 456 g/mol. The van der Waals surface area contributed by atoms with E-state index in [1.165, 1.54) is 12.2 Å². The third kappa shape index (κ3) is 4.54. The topological polar surface area (TPSA) is 57.8 Å². The number of amides is 1. The number of para-hydroxylation sites is 1. The Kier molecular flexibility index (Phi) is 5.82. The van der Waals surface area contributed by atoms with E-state index in [2.05, 4.69) is 10.3 Å². The van der Waals surface area contributed by atoms with Gasteiger partial charge < -0.3 is 10.3 Å². The van der Waals surface area contributed by atoms with Crippen LogP contribution in [0.15, 0.2) is 78.9 Å². The molecule has 34 heavy (non-hydrogen) atoms. The fourth-order valence-electron chi connectivity index (χ4n) is 3.89. The first-order valence-electron chi connectivity index (χ1n) is 10.5. The largest absolute Gasteiger partial charge is 0.353 e. The molecule has 0 atom stereocenters. The van der Waals surface area contributed by atoms with Crippen molar-refractivity contribution in [3.8, 4) is 11.3 Å². The van der Waals surface area contributed by atoms with Gasteiger partial charge in [-0.05, 0) is 48.0 Å². The maximum Gasteiger partial charge on any atom is 0.244 e. The van der Waals surface area contributed by atoms with Crippen molar-refractivity contribution in [2.45, 2.75) is 6.54 Å². The van der Waals surface area contributed by atoms with E-state index in [4.69, 9.17) is 16.6 Å². The number of halogens is 3. The summed E-state index contributed by atoms with van der Waals surface area (Å²) in [6.07, 6.45) is 2.59. The Morgan fingerprint density at radius 1 is 0.971 bits per heavy atom. The normalized spacial score (nSPS) is 11.5. The van der Waals surface area contributed by atoms with Gasteiger partial charge in [0.05, 0.1) is 23.4 Å². The van der Waals surface area contributed by atoms with Crippen molar-refractivity contribution in [2.75, 3.05) is 0 Å². The van der Waals surface area contributed by atoms with Crippen molar-refractivity contribution in [3.63, 3.8) is 0 Å². The molecule has 7 heteroatoms. The van der Waals surface area contributed by atoms with Gasteiger partial charge in [-0.15, -0.1) is 0 Å². The molecule has 1 amide bonds. The number of benzene rings is 3. The molecule has 0 aliphatic rings. The van der Waals surface area contributed by atoms with E-state index < -0.39 is 17.5 Å². The summed E-state index contributed by atoms with van der Waals surface area (Å²) in [6, 6.07) is 20.4. The minimum atomic E-state index is -0.703. The van der Waals surface area contributed by atoms with Gasteiger partial charge in [0.15, 0.2) is 0 Å².